The lowest BCUT2D eigenvalue weighted by atomic mass is 10.0. The van der Waals surface area contributed by atoms with Crippen molar-refractivity contribution in [3.8, 4) is 17.2 Å². The monoisotopic (exact) mass is 422 g/mol. The molecule has 1 saturated heterocycles. The molecule has 2 aliphatic heterocycles. The second kappa shape index (κ2) is 8.24. The predicted molar refractivity (Wildman–Crippen MR) is 117 cm³/mol. The largest absolute Gasteiger partial charge is 0.508 e. The van der Waals surface area contributed by atoms with Crippen molar-refractivity contribution in [1.82, 2.24) is 9.80 Å². The highest BCUT2D eigenvalue weighted by molar-refractivity contribution is 5.82. The lowest BCUT2D eigenvalue weighted by Gasteiger charge is -2.34. The van der Waals surface area contributed by atoms with Gasteiger partial charge in [0.15, 0.2) is 11.5 Å². The molecule has 0 unspecified atom stereocenters. The Morgan fingerprint density at radius 1 is 0.903 bits per heavy atom. The van der Waals surface area contributed by atoms with Crippen LogP contribution in [-0.2, 0) is 19.5 Å². The van der Waals surface area contributed by atoms with Crippen LogP contribution in [0.1, 0.15) is 23.6 Å². The first-order valence-electron chi connectivity index (χ1n) is 10.7. The van der Waals surface area contributed by atoms with Crippen LogP contribution in [-0.4, -0.2) is 47.9 Å². The van der Waals surface area contributed by atoms with Crippen molar-refractivity contribution in [2.24, 2.45) is 0 Å². The van der Waals surface area contributed by atoms with Gasteiger partial charge in [-0.3, -0.25) is 9.80 Å². The van der Waals surface area contributed by atoms with Crippen molar-refractivity contribution in [2.75, 3.05) is 33.0 Å². The molecule has 2 aromatic carbocycles. The Labute approximate surface area is 180 Å². The zero-order valence-electron chi connectivity index (χ0n) is 17.6. The highest BCUT2D eigenvalue weighted by Crippen LogP contribution is 2.33. The number of fused-ring (bicyclic) bond motifs is 2. The first kappa shape index (κ1) is 19.9. The van der Waals surface area contributed by atoms with Crippen LogP contribution in [0, 0.1) is 0 Å². The van der Waals surface area contributed by atoms with Crippen LogP contribution in [0.5, 0.6) is 17.2 Å². The summed E-state index contributed by atoms with van der Waals surface area (Å²) in [7, 11) is 0. The van der Waals surface area contributed by atoms with Crippen LogP contribution in [0.3, 0.4) is 0 Å². The van der Waals surface area contributed by atoms with Gasteiger partial charge in [-0.05, 0) is 41.3 Å². The quantitative estimate of drug-likeness (QED) is 0.633. The van der Waals surface area contributed by atoms with E-state index in [1.165, 1.54) is 5.56 Å². The van der Waals surface area contributed by atoms with Crippen LogP contribution in [0.25, 0.3) is 11.0 Å². The number of hydrogen-bond donors (Lipinski definition) is 1. The fraction of sp³-hybridized carbons (Fsp3) is 0.375. The third-order valence-electron chi connectivity index (χ3n) is 6.11. The Bertz CT molecular complexity index is 1160. The van der Waals surface area contributed by atoms with Crippen molar-refractivity contribution in [2.45, 2.75) is 26.4 Å². The highest BCUT2D eigenvalue weighted by atomic mass is 16.7. The summed E-state index contributed by atoms with van der Waals surface area (Å²) >= 11 is 0. The second-order valence-corrected chi connectivity index (χ2v) is 8.16. The molecule has 2 aliphatic rings. The van der Waals surface area contributed by atoms with E-state index in [0.717, 1.165) is 67.2 Å². The van der Waals surface area contributed by atoms with Gasteiger partial charge >= 0.3 is 5.63 Å². The topological polar surface area (TPSA) is 75.4 Å². The van der Waals surface area contributed by atoms with Crippen molar-refractivity contribution in [3.05, 3.63) is 63.5 Å². The maximum Gasteiger partial charge on any atom is 0.336 e. The molecule has 0 bridgehead atoms. The van der Waals surface area contributed by atoms with Crippen molar-refractivity contribution in [3.63, 3.8) is 0 Å². The first-order valence-corrected chi connectivity index (χ1v) is 10.7. The lowest BCUT2D eigenvalue weighted by Crippen LogP contribution is -2.45. The fourth-order valence-corrected chi connectivity index (χ4v) is 4.37. The maximum atomic E-state index is 12.1. The number of phenols is 1. The smallest absolute Gasteiger partial charge is 0.336 e. The van der Waals surface area contributed by atoms with E-state index >= 15 is 0 Å². The third-order valence-corrected chi connectivity index (χ3v) is 6.11. The minimum atomic E-state index is -0.382. The van der Waals surface area contributed by atoms with Gasteiger partial charge in [-0.15, -0.1) is 0 Å². The number of hydrogen-bond acceptors (Lipinski definition) is 7. The Morgan fingerprint density at radius 2 is 1.65 bits per heavy atom. The van der Waals surface area contributed by atoms with Gasteiger partial charge in [-0.2, -0.15) is 0 Å². The average Bonchev–Trinajstić information content (AvgIpc) is 3.22. The summed E-state index contributed by atoms with van der Waals surface area (Å²) in [6.07, 6.45) is 0.721. The normalized spacial score (nSPS) is 16.8. The van der Waals surface area contributed by atoms with E-state index in [9.17, 15) is 9.90 Å². The molecule has 7 nitrogen and oxygen atoms in total. The molecule has 1 N–H and O–H groups in total. The molecule has 0 saturated carbocycles. The van der Waals surface area contributed by atoms with E-state index in [-0.39, 0.29) is 11.4 Å². The standard InChI is InChI=1S/C24H26N2O5/c1-2-17-10-19-18(11-24(28)31-22(19)12-20(17)27)14-26-7-5-25(6-8-26)13-16-3-4-21-23(9-16)30-15-29-21/h3-4,9-12,27H,2,5-8,13-15H2,1H3. The van der Waals surface area contributed by atoms with E-state index < -0.39 is 0 Å². The average molecular weight is 422 g/mol. The zero-order valence-corrected chi connectivity index (χ0v) is 17.6. The van der Waals surface area contributed by atoms with E-state index in [0.29, 0.717) is 18.9 Å². The van der Waals surface area contributed by atoms with Crippen molar-refractivity contribution < 1.29 is 19.0 Å². The van der Waals surface area contributed by atoms with E-state index in [4.69, 9.17) is 13.9 Å². The molecule has 0 amide bonds. The van der Waals surface area contributed by atoms with Gasteiger partial charge in [0.05, 0.1) is 0 Å². The number of aryl methyl sites for hydroxylation is 1. The zero-order chi connectivity index (χ0) is 21.4. The van der Waals surface area contributed by atoms with Crippen LogP contribution >= 0.6 is 0 Å². The van der Waals surface area contributed by atoms with Gasteiger partial charge in [0.1, 0.15) is 11.3 Å². The van der Waals surface area contributed by atoms with E-state index in [1.807, 2.05) is 19.1 Å². The molecular weight excluding hydrogens is 396 g/mol. The summed E-state index contributed by atoms with van der Waals surface area (Å²) < 4.78 is 16.2. The molecule has 1 fully saturated rings. The predicted octanol–water partition coefficient (Wildman–Crippen LogP) is 3.11. The Balaban J connectivity index is 1.26. The minimum Gasteiger partial charge on any atom is -0.508 e. The van der Waals surface area contributed by atoms with Gasteiger partial charge in [-0.25, -0.2) is 4.79 Å². The van der Waals surface area contributed by atoms with Gasteiger partial charge in [0, 0.05) is 56.8 Å². The molecule has 162 valence electrons. The molecule has 31 heavy (non-hydrogen) atoms. The molecule has 7 heteroatoms. The highest BCUT2D eigenvalue weighted by Gasteiger charge is 2.20. The molecule has 0 atom stereocenters. The van der Waals surface area contributed by atoms with Gasteiger partial charge < -0.3 is 19.0 Å². The summed E-state index contributed by atoms with van der Waals surface area (Å²) in [6, 6.07) is 11.2. The number of benzene rings is 2. The van der Waals surface area contributed by atoms with Gasteiger partial charge in [-0.1, -0.05) is 13.0 Å². The molecule has 0 aliphatic carbocycles. The molecule has 0 radical (unpaired) electrons. The summed E-state index contributed by atoms with van der Waals surface area (Å²) in [6.45, 7) is 7.61. The Hall–Kier alpha value is -3.03. The summed E-state index contributed by atoms with van der Waals surface area (Å²) in [5.74, 6) is 1.81. The summed E-state index contributed by atoms with van der Waals surface area (Å²) in [4.78, 5) is 16.8. The SMILES string of the molecule is CCc1cc2c(CN3CCN(Cc4ccc5c(c4)OCO5)CC3)cc(=O)oc2cc1O. The summed E-state index contributed by atoms with van der Waals surface area (Å²) in [5, 5.41) is 11.0. The Morgan fingerprint density at radius 3 is 2.42 bits per heavy atom. The molecule has 1 aromatic heterocycles. The number of rotatable bonds is 5. The van der Waals surface area contributed by atoms with Crippen LogP contribution in [0.15, 0.2) is 45.6 Å². The van der Waals surface area contributed by atoms with Crippen LogP contribution < -0.4 is 15.1 Å². The lowest BCUT2D eigenvalue weighted by molar-refractivity contribution is 0.122. The number of aromatic hydroxyl groups is 1. The van der Waals surface area contributed by atoms with Gasteiger partial charge in [0.2, 0.25) is 6.79 Å². The number of piperazine rings is 1. The fourth-order valence-electron chi connectivity index (χ4n) is 4.37. The van der Waals surface area contributed by atoms with Crippen molar-refractivity contribution in [1.29, 1.82) is 0 Å². The van der Waals surface area contributed by atoms with Crippen LogP contribution in [0.2, 0.25) is 0 Å². The van der Waals surface area contributed by atoms with Crippen molar-refractivity contribution >= 4 is 11.0 Å². The third kappa shape index (κ3) is 4.11. The molecular formula is C24H26N2O5. The number of nitrogens with zero attached hydrogens (tertiary/aromatic N) is 2. The van der Waals surface area contributed by atoms with Crippen LogP contribution in [0.4, 0.5) is 0 Å². The maximum absolute atomic E-state index is 12.1. The second-order valence-electron chi connectivity index (χ2n) is 8.16. The molecule has 3 heterocycles. The number of ether oxygens (including phenoxy) is 2. The molecule has 3 aromatic rings. The minimum absolute atomic E-state index is 0.174. The molecule has 5 rings (SSSR count). The Kier molecular flexibility index (Phi) is 5.29. The first-order chi connectivity index (χ1) is 15.1. The number of phenolic OH excluding ortho intramolecular Hbond substituents is 1. The van der Waals surface area contributed by atoms with E-state index in [1.54, 1.807) is 12.1 Å². The summed E-state index contributed by atoms with van der Waals surface area (Å²) in [5.41, 5.74) is 3.09. The van der Waals surface area contributed by atoms with E-state index in [2.05, 4.69) is 21.9 Å². The molecule has 0 spiro atoms. The van der Waals surface area contributed by atoms with Gasteiger partial charge in [0.25, 0.3) is 0 Å².